The third-order valence-electron chi connectivity index (χ3n) is 9.65. The van der Waals surface area contributed by atoms with Crippen LogP contribution in [0.3, 0.4) is 0 Å². The maximum atomic E-state index is 11.3. The monoisotopic (exact) mass is 809 g/mol. The first-order chi connectivity index (χ1) is 27.3. The van der Waals surface area contributed by atoms with Crippen LogP contribution in [0.25, 0.3) is 21.9 Å². The Bertz CT molecular complexity index is 1970. The largest absolute Gasteiger partial charge is 0.507 e. The number of ether oxygens (including phenoxy) is 1. The first-order valence-electron chi connectivity index (χ1n) is 18.6. The second kappa shape index (κ2) is 20.2. The molecule has 0 atom stereocenters. The molecule has 6 rings (SSSR count). The number of likely N-dealkylation sites (tertiary alicyclic amines) is 2. The van der Waals surface area contributed by atoms with Crippen LogP contribution in [-0.4, -0.2) is 152 Å². The van der Waals surface area contributed by atoms with Gasteiger partial charge in [-0.25, -0.2) is 9.97 Å². The van der Waals surface area contributed by atoms with E-state index in [1.54, 1.807) is 7.11 Å². The van der Waals surface area contributed by atoms with E-state index in [2.05, 4.69) is 27.2 Å². The highest BCUT2D eigenvalue weighted by molar-refractivity contribution is 6.31. The Morgan fingerprint density at radius 1 is 0.719 bits per heavy atom. The number of aliphatic carboxylic acids is 4. The molecule has 4 heterocycles. The Hall–Kier alpha value is -5.33. The summed E-state index contributed by atoms with van der Waals surface area (Å²) < 4.78 is 5.43. The van der Waals surface area contributed by atoms with Gasteiger partial charge in [0.2, 0.25) is 5.88 Å². The fraction of sp³-hybridized carbons (Fsp3) is 0.436. The Balaban J connectivity index is 0.000000266. The number of nitrogens with one attached hydrogen (secondary N) is 1. The van der Waals surface area contributed by atoms with Crippen LogP contribution < -0.4 is 10.1 Å². The highest BCUT2D eigenvalue weighted by atomic mass is 35.5. The first kappa shape index (κ1) is 42.8. The molecule has 0 amide bonds. The number of carbonyl (C=O) groups is 4. The smallest absolute Gasteiger partial charge is 0.317 e. The van der Waals surface area contributed by atoms with Crippen LogP contribution in [0.2, 0.25) is 5.02 Å². The molecular weight excluding hydrogens is 762 g/mol. The molecule has 2 aromatic heterocycles. The molecule has 57 heavy (non-hydrogen) atoms. The third kappa shape index (κ3) is 12.6. The van der Waals surface area contributed by atoms with Crippen molar-refractivity contribution in [1.29, 1.82) is 0 Å². The lowest BCUT2D eigenvalue weighted by molar-refractivity contribution is -0.145. The zero-order valence-corrected chi connectivity index (χ0v) is 32.4. The number of hydrogen-bond donors (Lipinski definition) is 6. The van der Waals surface area contributed by atoms with Crippen LogP contribution in [0, 0.1) is 0 Å². The molecule has 0 spiro atoms. The van der Waals surface area contributed by atoms with Crippen molar-refractivity contribution in [2.24, 2.45) is 0 Å². The number of anilines is 2. The summed E-state index contributed by atoms with van der Waals surface area (Å²) in [4.78, 5) is 58.8. The molecule has 0 aliphatic carbocycles. The molecule has 0 unspecified atom stereocenters. The summed E-state index contributed by atoms with van der Waals surface area (Å²) in [5.41, 5.74) is 5.96. The number of carboxylic acid groups (broad SMARTS) is 4. The van der Waals surface area contributed by atoms with Crippen LogP contribution in [0.15, 0.2) is 42.5 Å². The van der Waals surface area contributed by atoms with Crippen molar-refractivity contribution in [3.05, 3.63) is 58.6 Å². The summed E-state index contributed by atoms with van der Waals surface area (Å²) in [6.07, 6.45) is 4.85. The van der Waals surface area contributed by atoms with E-state index < -0.39 is 50.1 Å². The molecule has 2 saturated heterocycles. The van der Waals surface area contributed by atoms with E-state index in [9.17, 15) is 24.3 Å². The molecule has 2 aliphatic rings. The van der Waals surface area contributed by atoms with E-state index in [1.165, 1.54) is 25.7 Å². The van der Waals surface area contributed by atoms with Crippen molar-refractivity contribution >= 4 is 68.8 Å². The molecule has 2 fully saturated rings. The quantitative estimate of drug-likeness (QED) is 0.0616. The Morgan fingerprint density at radius 3 is 1.67 bits per heavy atom. The Kier molecular flexibility index (Phi) is 15.2. The highest BCUT2D eigenvalue weighted by Crippen LogP contribution is 2.37. The molecule has 0 saturated carbocycles. The Labute approximate surface area is 334 Å². The molecule has 17 nitrogen and oxygen atoms in total. The molecule has 6 N–H and O–H groups in total. The number of aromatic hydroxyl groups is 1. The minimum Gasteiger partial charge on any atom is -0.507 e. The molecule has 2 aromatic carbocycles. The van der Waals surface area contributed by atoms with Gasteiger partial charge in [-0.3, -0.25) is 38.8 Å². The number of halogens is 1. The van der Waals surface area contributed by atoms with Gasteiger partial charge in [-0.05, 0) is 88.3 Å². The van der Waals surface area contributed by atoms with Gasteiger partial charge >= 0.3 is 23.9 Å². The van der Waals surface area contributed by atoms with Crippen molar-refractivity contribution in [2.45, 2.75) is 38.8 Å². The van der Waals surface area contributed by atoms with Crippen molar-refractivity contribution in [3.8, 4) is 11.6 Å². The maximum Gasteiger partial charge on any atom is 0.317 e. The van der Waals surface area contributed by atoms with Crippen LogP contribution in [-0.2, 0) is 32.3 Å². The number of pyridine rings is 2. The van der Waals surface area contributed by atoms with Crippen LogP contribution >= 0.6 is 11.6 Å². The normalized spacial score (nSPS) is 14.6. The average molecular weight is 810 g/mol. The summed E-state index contributed by atoms with van der Waals surface area (Å²) in [5, 5.41) is 51.0. The number of rotatable bonds is 18. The summed E-state index contributed by atoms with van der Waals surface area (Å²) in [5.74, 6) is -3.96. The first-order valence-corrected chi connectivity index (χ1v) is 19.0. The van der Waals surface area contributed by atoms with E-state index in [1.807, 2.05) is 30.3 Å². The summed E-state index contributed by atoms with van der Waals surface area (Å²) in [6.45, 7) is 3.53. The van der Waals surface area contributed by atoms with E-state index >= 15 is 0 Å². The van der Waals surface area contributed by atoms with Crippen molar-refractivity contribution < 1.29 is 49.4 Å². The van der Waals surface area contributed by atoms with Gasteiger partial charge in [0, 0.05) is 59.5 Å². The van der Waals surface area contributed by atoms with Gasteiger partial charge in [-0.15, -0.1) is 0 Å². The number of fused-ring (bicyclic) bond motifs is 2. The van der Waals surface area contributed by atoms with Gasteiger partial charge in [0.05, 0.1) is 50.0 Å². The number of hydrogen-bond acceptors (Lipinski definition) is 13. The number of methoxy groups -OCH3 is 1. The molecular formula is C39H48ClN7O10. The van der Waals surface area contributed by atoms with Gasteiger partial charge in [0.25, 0.3) is 0 Å². The van der Waals surface area contributed by atoms with Crippen LogP contribution in [0.1, 0.15) is 36.8 Å². The van der Waals surface area contributed by atoms with Crippen LogP contribution in [0.4, 0.5) is 11.4 Å². The summed E-state index contributed by atoms with van der Waals surface area (Å²) >= 11 is 6.32. The van der Waals surface area contributed by atoms with Gasteiger partial charge in [-0.2, -0.15) is 0 Å². The summed E-state index contributed by atoms with van der Waals surface area (Å²) in [7, 11) is 1.62. The number of carboxylic acids is 4. The predicted octanol–water partition coefficient (Wildman–Crippen LogP) is 4.01. The van der Waals surface area contributed by atoms with E-state index in [0.29, 0.717) is 16.7 Å². The molecule has 0 radical (unpaired) electrons. The SMILES string of the molecule is COc1ccc2nc3cc(Cl)ccc3c(Nc3cc(CN4CCCC4)c(O)c(CN4CCCC4)c3)c2n1.O=C(O)CN(CCN(CC(=O)O)CC(=O)O)CC(=O)O. The van der Waals surface area contributed by atoms with Crippen molar-refractivity contribution in [3.63, 3.8) is 0 Å². The second-order valence-electron chi connectivity index (χ2n) is 14.1. The average Bonchev–Trinajstić information content (AvgIpc) is 3.86. The topological polar surface area (TPSA) is 229 Å². The summed E-state index contributed by atoms with van der Waals surface area (Å²) in [6, 6.07) is 13.6. The lowest BCUT2D eigenvalue weighted by Crippen LogP contribution is -2.43. The number of benzene rings is 2. The minimum atomic E-state index is -1.23. The second-order valence-corrected chi connectivity index (χ2v) is 14.5. The molecule has 2 aliphatic heterocycles. The van der Waals surface area contributed by atoms with Gasteiger partial charge in [0.15, 0.2) is 0 Å². The van der Waals surface area contributed by atoms with Gasteiger partial charge in [-0.1, -0.05) is 11.6 Å². The maximum absolute atomic E-state index is 11.3. The lowest BCUT2D eigenvalue weighted by Gasteiger charge is -2.23. The molecule has 0 bridgehead atoms. The fourth-order valence-electron chi connectivity index (χ4n) is 7.07. The van der Waals surface area contributed by atoms with Gasteiger partial charge < -0.3 is 35.6 Å². The number of aromatic nitrogens is 2. The van der Waals surface area contributed by atoms with E-state index in [-0.39, 0.29) is 13.1 Å². The lowest BCUT2D eigenvalue weighted by atomic mass is 10.0. The van der Waals surface area contributed by atoms with E-state index in [0.717, 1.165) is 93.5 Å². The highest BCUT2D eigenvalue weighted by Gasteiger charge is 2.22. The Morgan fingerprint density at radius 2 is 1.21 bits per heavy atom. The number of phenols is 1. The standard InChI is InChI=1S/C29H32ClN5O2.C10H16N2O8/c1-37-26-9-8-24-28(33-26)27(23-7-6-21(30)16-25(23)32-24)31-22-14-19(17-34-10-2-3-11-34)29(36)20(15-22)18-35-12-4-5-13-35;13-7(14)3-11(4-8(15)16)1-2-12(5-9(17)18)6-10(19)20/h6-9,14-16,36H,2-5,10-13,17-18H2,1H3,(H,31,32);1-6H2,(H,13,14)(H,15,16)(H,17,18)(H,19,20). The molecule has 4 aromatic rings. The minimum absolute atomic E-state index is 0.0703. The van der Waals surface area contributed by atoms with E-state index in [4.69, 9.17) is 46.7 Å². The zero-order valence-electron chi connectivity index (χ0n) is 31.7. The molecule has 306 valence electrons. The van der Waals surface area contributed by atoms with Crippen molar-refractivity contribution in [2.75, 3.05) is 77.9 Å². The number of phenolic OH excluding ortho intramolecular Hbond substituents is 1. The number of nitrogens with zero attached hydrogens (tertiary/aromatic N) is 6. The van der Waals surface area contributed by atoms with Gasteiger partial charge in [0.1, 0.15) is 11.3 Å². The molecule has 18 heteroatoms. The third-order valence-corrected chi connectivity index (χ3v) is 9.89. The zero-order chi connectivity index (χ0) is 41.1. The van der Waals surface area contributed by atoms with Crippen LogP contribution in [0.5, 0.6) is 11.6 Å². The predicted molar refractivity (Wildman–Crippen MR) is 212 cm³/mol. The van der Waals surface area contributed by atoms with Crippen molar-refractivity contribution in [1.82, 2.24) is 29.6 Å². The fourth-order valence-corrected chi connectivity index (χ4v) is 7.24.